The second kappa shape index (κ2) is 5.41. The molecule has 2 aliphatic rings. The number of hydrogen-bond donors (Lipinski definition) is 0. The molecule has 0 aromatic carbocycles. The average molecular weight is 267 g/mol. The van der Waals surface area contributed by atoms with E-state index in [-0.39, 0.29) is 0 Å². The second-order valence-electron chi connectivity index (χ2n) is 4.99. The number of nitrogens with zero attached hydrogens (tertiary/aromatic N) is 4. The number of aromatic nitrogens is 2. The van der Waals surface area contributed by atoms with Crippen molar-refractivity contribution in [2.24, 2.45) is 0 Å². The van der Waals surface area contributed by atoms with Gasteiger partial charge in [0.2, 0.25) is 0 Å². The molecule has 1 fully saturated rings. The maximum Gasteiger partial charge on any atom is 0.135 e. The number of piperazine rings is 1. The summed E-state index contributed by atoms with van der Waals surface area (Å²) in [7, 11) is 0. The fraction of sp³-hybridized carbons (Fsp3) is 0.692. The molecule has 0 bridgehead atoms. The summed E-state index contributed by atoms with van der Waals surface area (Å²) in [6.45, 7) is 5.29. The fourth-order valence-electron chi connectivity index (χ4n) is 2.92. The summed E-state index contributed by atoms with van der Waals surface area (Å²) < 4.78 is 0. The molecule has 2 heterocycles. The van der Waals surface area contributed by atoms with Crippen LogP contribution in [0, 0.1) is 0 Å². The van der Waals surface area contributed by atoms with Gasteiger partial charge < -0.3 is 4.90 Å². The summed E-state index contributed by atoms with van der Waals surface area (Å²) in [5.41, 5.74) is 2.66. The molecule has 1 aliphatic carbocycles. The van der Waals surface area contributed by atoms with Gasteiger partial charge in [-0.05, 0) is 19.3 Å². The van der Waals surface area contributed by atoms with Crippen molar-refractivity contribution in [2.75, 3.05) is 43.5 Å². The first kappa shape index (κ1) is 12.2. The van der Waals surface area contributed by atoms with Crippen LogP contribution < -0.4 is 4.90 Å². The number of halogens is 1. The van der Waals surface area contributed by atoms with Crippen LogP contribution in [-0.2, 0) is 12.8 Å². The Balaban J connectivity index is 1.71. The summed E-state index contributed by atoms with van der Waals surface area (Å²) in [4.78, 5) is 13.7. The van der Waals surface area contributed by atoms with Gasteiger partial charge in [0, 0.05) is 49.9 Å². The van der Waals surface area contributed by atoms with Gasteiger partial charge >= 0.3 is 0 Å². The Morgan fingerprint density at radius 2 is 1.94 bits per heavy atom. The van der Waals surface area contributed by atoms with Crippen LogP contribution in [0.25, 0.3) is 0 Å². The molecular weight excluding hydrogens is 248 g/mol. The average Bonchev–Trinajstić information content (AvgIpc) is 2.88. The molecule has 1 aromatic rings. The minimum absolute atomic E-state index is 0.725. The maximum atomic E-state index is 5.79. The molecule has 1 aromatic heterocycles. The van der Waals surface area contributed by atoms with Crippen LogP contribution in [0.5, 0.6) is 0 Å². The van der Waals surface area contributed by atoms with Crippen molar-refractivity contribution < 1.29 is 0 Å². The van der Waals surface area contributed by atoms with E-state index >= 15 is 0 Å². The van der Waals surface area contributed by atoms with E-state index in [0.29, 0.717) is 0 Å². The highest BCUT2D eigenvalue weighted by molar-refractivity contribution is 6.18. The van der Waals surface area contributed by atoms with E-state index in [1.165, 1.54) is 23.5 Å². The van der Waals surface area contributed by atoms with Crippen LogP contribution in [0.4, 0.5) is 5.82 Å². The van der Waals surface area contributed by atoms with E-state index in [9.17, 15) is 0 Å². The van der Waals surface area contributed by atoms with E-state index in [1.54, 1.807) is 6.33 Å². The molecule has 0 unspecified atom stereocenters. The molecule has 98 valence electrons. The van der Waals surface area contributed by atoms with Gasteiger partial charge in [-0.1, -0.05) is 0 Å². The number of alkyl halides is 1. The van der Waals surface area contributed by atoms with Gasteiger partial charge in [0.05, 0.1) is 0 Å². The Labute approximate surface area is 113 Å². The lowest BCUT2D eigenvalue weighted by Crippen LogP contribution is -2.47. The van der Waals surface area contributed by atoms with Crippen molar-refractivity contribution in [1.29, 1.82) is 0 Å². The van der Waals surface area contributed by atoms with Crippen LogP contribution in [0.2, 0.25) is 0 Å². The molecule has 0 radical (unpaired) electrons. The van der Waals surface area contributed by atoms with Crippen molar-refractivity contribution in [3.63, 3.8) is 0 Å². The van der Waals surface area contributed by atoms with Gasteiger partial charge in [0.1, 0.15) is 12.1 Å². The fourth-order valence-corrected chi connectivity index (χ4v) is 3.16. The summed E-state index contributed by atoms with van der Waals surface area (Å²) in [6.07, 6.45) is 5.22. The van der Waals surface area contributed by atoms with E-state index in [4.69, 9.17) is 11.6 Å². The largest absolute Gasteiger partial charge is 0.354 e. The van der Waals surface area contributed by atoms with E-state index in [0.717, 1.165) is 51.4 Å². The Kier molecular flexibility index (Phi) is 3.66. The number of rotatable bonds is 3. The van der Waals surface area contributed by atoms with Crippen LogP contribution in [0.15, 0.2) is 6.33 Å². The highest BCUT2D eigenvalue weighted by Gasteiger charge is 2.23. The molecule has 4 nitrogen and oxygen atoms in total. The van der Waals surface area contributed by atoms with Crippen LogP contribution >= 0.6 is 11.6 Å². The molecule has 0 saturated carbocycles. The lowest BCUT2D eigenvalue weighted by Gasteiger charge is -2.35. The standard InChI is InChI=1S/C13H19ClN4/c14-4-5-17-6-8-18(9-7-17)13-11-2-1-3-12(11)15-10-16-13/h10H,1-9H2. The van der Waals surface area contributed by atoms with Crippen molar-refractivity contribution in [2.45, 2.75) is 19.3 Å². The van der Waals surface area contributed by atoms with Crippen LogP contribution in [-0.4, -0.2) is 53.5 Å². The summed E-state index contributed by atoms with van der Waals surface area (Å²) in [5.74, 6) is 1.91. The molecule has 18 heavy (non-hydrogen) atoms. The third kappa shape index (κ3) is 2.31. The topological polar surface area (TPSA) is 32.3 Å². The Morgan fingerprint density at radius 3 is 2.72 bits per heavy atom. The normalized spacial score (nSPS) is 20.2. The molecule has 0 atom stereocenters. The lowest BCUT2D eigenvalue weighted by atomic mass is 10.2. The highest BCUT2D eigenvalue weighted by Crippen LogP contribution is 2.28. The van der Waals surface area contributed by atoms with Gasteiger partial charge in [-0.2, -0.15) is 0 Å². The van der Waals surface area contributed by atoms with Crippen molar-refractivity contribution in [1.82, 2.24) is 14.9 Å². The number of hydrogen-bond acceptors (Lipinski definition) is 4. The lowest BCUT2D eigenvalue weighted by molar-refractivity contribution is 0.272. The molecule has 1 aliphatic heterocycles. The quantitative estimate of drug-likeness (QED) is 0.773. The van der Waals surface area contributed by atoms with Crippen molar-refractivity contribution >= 4 is 17.4 Å². The minimum Gasteiger partial charge on any atom is -0.354 e. The molecule has 5 heteroatoms. The van der Waals surface area contributed by atoms with Crippen molar-refractivity contribution in [3.05, 3.63) is 17.6 Å². The molecule has 0 amide bonds. The van der Waals surface area contributed by atoms with E-state index < -0.39 is 0 Å². The predicted molar refractivity (Wildman–Crippen MR) is 73.4 cm³/mol. The maximum absolute atomic E-state index is 5.79. The van der Waals surface area contributed by atoms with Gasteiger partial charge in [-0.3, -0.25) is 4.90 Å². The van der Waals surface area contributed by atoms with Crippen LogP contribution in [0.1, 0.15) is 17.7 Å². The van der Waals surface area contributed by atoms with Gasteiger partial charge in [-0.15, -0.1) is 11.6 Å². The Morgan fingerprint density at radius 1 is 1.11 bits per heavy atom. The first-order valence-corrected chi connectivity index (χ1v) is 7.28. The summed E-state index contributed by atoms with van der Waals surface area (Å²) in [5, 5.41) is 0. The monoisotopic (exact) mass is 266 g/mol. The third-order valence-corrected chi connectivity index (χ3v) is 4.09. The number of fused-ring (bicyclic) bond motifs is 1. The van der Waals surface area contributed by atoms with Gasteiger partial charge in [0.15, 0.2) is 0 Å². The van der Waals surface area contributed by atoms with E-state index in [2.05, 4.69) is 19.8 Å². The summed E-state index contributed by atoms with van der Waals surface area (Å²) in [6, 6.07) is 0. The minimum atomic E-state index is 0.725. The highest BCUT2D eigenvalue weighted by atomic mass is 35.5. The first-order valence-electron chi connectivity index (χ1n) is 6.74. The van der Waals surface area contributed by atoms with Gasteiger partial charge in [-0.25, -0.2) is 9.97 Å². The smallest absolute Gasteiger partial charge is 0.135 e. The first-order chi connectivity index (χ1) is 8.88. The number of aryl methyl sites for hydroxylation is 1. The molecular formula is C13H19ClN4. The molecule has 1 saturated heterocycles. The molecule has 0 N–H and O–H groups in total. The number of anilines is 1. The summed E-state index contributed by atoms with van der Waals surface area (Å²) >= 11 is 5.79. The Bertz CT molecular complexity index is 415. The molecule has 0 spiro atoms. The van der Waals surface area contributed by atoms with E-state index in [1.807, 2.05) is 0 Å². The zero-order chi connectivity index (χ0) is 12.4. The zero-order valence-electron chi connectivity index (χ0n) is 10.6. The third-order valence-electron chi connectivity index (χ3n) is 3.92. The zero-order valence-corrected chi connectivity index (χ0v) is 11.4. The second-order valence-corrected chi connectivity index (χ2v) is 5.37. The van der Waals surface area contributed by atoms with Gasteiger partial charge in [0.25, 0.3) is 0 Å². The van der Waals surface area contributed by atoms with Crippen molar-refractivity contribution in [3.8, 4) is 0 Å². The SMILES string of the molecule is ClCCN1CCN(c2ncnc3c2CCC3)CC1. The van der Waals surface area contributed by atoms with Crippen LogP contribution in [0.3, 0.4) is 0 Å². The predicted octanol–water partition coefficient (Wildman–Crippen LogP) is 1.33. The Hall–Kier alpha value is -0.870. The molecule has 3 rings (SSSR count).